The van der Waals surface area contributed by atoms with Crippen molar-refractivity contribution in [3.8, 4) is 0 Å². The van der Waals surface area contributed by atoms with E-state index in [1.807, 2.05) is 5.38 Å². The summed E-state index contributed by atoms with van der Waals surface area (Å²) in [6.45, 7) is 1.78. The van der Waals surface area contributed by atoms with Crippen LogP contribution in [0.1, 0.15) is 10.4 Å². The summed E-state index contributed by atoms with van der Waals surface area (Å²) in [5.41, 5.74) is 0.763. The van der Waals surface area contributed by atoms with Gasteiger partial charge in [-0.3, -0.25) is 0 Å². The Bertz CT molecular complexity index is 423. The molecule has 3 nitrogen and oxygen atoms in total. The van der Waals surface area contributed by atoms with Crippen molar-refractivity contribution >= 4 is 33.0 Å². The van der Waals surface area contributed by atoms with Crippen LogP contribution in [0.3, 0.4) is 0 Å². The van der Waals surface area contributed by atoms with E-state index in [9.17, 15) is 8.42 Å². The third-order valence-electron chi connectivity index (χ3n) is 1.85. The predicted molar refractivity (Wildman–Crippen MR) is 59.5 cm³/mol. The first-order chi connectivity index (χ1) is 6.41. The molecular weight excluding hydrogens is 242 g/mol. The zero-order valence-corrected chi connectivity index (χ0v) is 10.6. The molecular formula is C8H12ClNO2S2. The number of alkyl halides is 1. The van der Waals surface area contributed by atoms with Gasteiger partial charge >= 0.3 is 0 Å². The SMILES string of the molecule is Cc1csc(CCl)c1S(=O)(=O)N(C)C. The molecule has 0 aromatic carbocycles. The van der Waals surface area contributed by atoms with Crippen molar-refractivity contribution in [1.29, 1.82) is 0 Å². The first-order valence-electron chi connectivity index (χ1n) is 3.96. The van der Waals surface area contributed by atoms with Crippen LogP contribution in [0.2, 0.25) is 0 Å². The lowest BCUT2D eigenvalue weighted by atomic mass is 10.3. The van der Waals surface area contributed by atoms with E-state index in [4.69, 9.17) is 11.6 Å². The highest BCUT2D eigenvalue weighted by molar-refractivity contribution is 7.89. The lowest BCUT2D eigenvalue weighted by molar-refractivity contribution is 0.520. The highest BCUT2D eigenvalue weighted by atomic mass is 35.5. The van der Waals surface area contributed by atoms with E-state index < -0.39 is 10.0 Å². The maximum atomic E-state index is 11.9. The molecule has 0 saturated carbocycles. The van der Waals surface area contributed by atoms with E-state index in [1.165, 1.54) is 29.7 Å². The van der Waals surface area contributed by atoms with Gasteiger partial charge in [0, 0.05) is 19.0 Å². The Hall–Kier alpha value is -0.100. The van der Waals surface area contributed by atoms with Crippen LogP contribution in [0.25, 0.3) is 0 Å². The molecule has 14 heavy (non-hydrogen) atoms. The number of nitrogens with zero attached hydrogens (tertiary/aromatic N) is 1. The molecule has 1 heterocycles. The molecule has 0 N–H and O–H groups in total. The molecule has 6 heteroatoms. The Morgan fingerprint density at radius 1 is 1.50 bits per heavy atom. The van der Waals surface area contributed by atoms with Crippen LogP contribution in [0.15, 0.2) is 10.3 Å². The Morgan fingerprint density at radius 2 is 2.07 bits per heavy atom. The zero-order valence-electron chi connectivity index (χ0n) is 8.24. The van der Waals surface area contributed by atoms with Crippen LogP contribution in [0.4, 0.5) is 0 Å². The van der Waals surface area contributed by atoms with Gasteiger partial charge in [0.2, 0.25) is 10.0 Å². The summed E-state index contributed by atoms with van der Waals surface area (Å²) >= 11 is 7.07. The smallest absolute Gasteiger partial charge is 0.207 e. The molecule has 0 amide bonds. The Balaban J connectivity index is 3.38. The fraction of sp³-hybridized carbons (Fsp3) is 0.500. The lowest BCUT2D eigenvalue weighted by Gasteiger charge is -2.12. The van der Waals surface area contributed by atoms with Gasteiger partial charge in [-0.05, 0) is 17.9 Å². The minimum Gasteiger partial charge on any atom is -0.207 e. The Labute approximate surface area is 93.4 Å². The van der Waals surface area contributed by atoms with Crippen molar-refractivity contribution in [3.63, 3.8) is 0 Å². The second-order valence-electron chi connectivity index (χ2n) is 3.09. The summed E-state index contributed by atoms with van der Waals surface area (Å²) < 4.78 is 24.9. The first-order valence-corrected chi connectivity index (χ1v) is 6.82. The van der Waals surface area contributed by atoms with Gasteiger partial charge in [0.15, 0.2) is 0 Å². The summed E-state index contributed by atoms with van der Waals surface area (Å²) in [7, 11) is -0.311. The number of aryl methyl sites for hydroxylation is 1. The van der Waals surface area contributed by atoms with Gasteiger partial charge in [-0.1, -0.05) is 0 Å². The number of hydrogen-bond donors (Lipinski definition) is 0. The van der Waals surface area contributed by atoms with Crippen molar-refractivity contribution in [2.75, 3.05) is 14.1 Å². The molecule has 0 aliphatic heterocycles. The van der Waals surface area contributed by atoms with Crippen LogP contribution in [-0.4, -0.2) is 26.8 Å². The average Bonchev–Trinajstić information content (AvgIpc) is 2.46. The molecule has 0 atom stereocenters. The molecule has 0 bridgehead atoms. The zero-order chi connectivity index (χ0) is 10.9. The van der Waals surface area contributed by atoms with Gasteiger partial charge in [0.25, 0.3) is 0 Å². The second kappa shape index (κ2) is 4.18. The molecule has 0 radical (unpaired) electrons. The van der Waals surface area contributed by atoms with Gasteiger partial charge in [-0.2, -0.15) is 0 Å². The van der Waals surface area contributed by atoms with Crippen molar-refractivity contribution in [1.82, 2.24) is 4.31 Å². The maximum absolute atomic E-state index is 11.9. The Kier molecular flexibility index (Phi) is 3.58. The van der Waals surface area contributed by atoms with Gasteiger partial charge in [-0.15, -0.1) is 22.9 Å². The van der Waals surface area contributed by atoms with E-state index in [0.717, 1.165) is 5.56 Å². The van der Waals surface area contributed by atoms with E-state index in [1.54, 1.807) is 6.92 Å². The van der Waals surface area contributed by atoms with Gasteiger partial charge in [-0.25, -0.2) is 12.7 Å². The average molecular weight is 254 g/mol. The quantitative estimate of drug-likeness (QED) is 0.774. The lowest BCUT2D eigenvalue weighted by Crippen LogP contribution is -2.23. The predicted octanol–water partition coefficient (Wildman–Crippen LogP) is 2.05. The minimum atomic E-state index is -3.35. The van der Waals surface area contributed by atoms with Gasteiger partial charge in [0.1, 0.15) is 4.90 Å². The molecule has 0 aliphatic rings. The summed E-state index contributed by atoms with van der Waals surface area (Å²) in [6, 6.07) is 0. The monoisotopic (exact) mass is 253 g/mol. The number of rotatable bonds is 3. The summed E-state index contributed by atoms with van der Waals surface area (Å²) in [5.74, 6) is 0.237. The second-order valence-corrected chi connectivity index (χ2v) is 6.41. The van der Waals surface area contributed by atoms with Crippen LogP contribution in [0.5, 0.6) is 0 Å². The number of thiophene rings is 1. The maximum Gasteiger partial charge on any atom is 0.243 e. The van der Waals surface area contributed by atoms with E-state index in [2.05, 4.69) is 0 Å². The molecule has 1 aromatic rings. The van der Waals surface area contributed by atoms with E-state index in [-0.39, 0.29) is 5.88 Å². The third-order valence-corrected chi connectivity index (χ3v) is 5.55. The van der Waals surface area contributed by atoms with E-state index >= 15 is 0 Å². The standard InChI is InChI=1S/C8H12ClNO2S2/c1-6-5-13-7(4-9)8(6)14(11,12)10(2)3/h5H,4H2,1-3H3. The highest BCUT2D eigenvalue weighted by Crippen LogP contribution is 2.29. The number of halogens is 1. The summed E-state index contributed by atoms with van der Waals surface area (Å²) in [4.78, 5) is 1.07. The van der Waals surface area contributed by atoms with Crippen molar-refractivity contribution in [2.24, 2.45) is 0 Å². The molecule has 0 spiro atoms. The fourth-order valence-electron chi connectivity index (χ4n) is 1.11. The molecule has 0 unspecified atom stereocenters. The van der Waals surface area contributed by atoms with Crippen molar-refractivity contribution in [3.05, 3.63) is 15.8 Å². The third kappa shape index (κ3) is 1.95. The molecule has 0 aliphatic carbocycles. The van der Waals surface area contributed by atoms with Gasteiger partial charge in [0.05, 0.1) is 5.88 Å². The minimum absolute atomic E-state index is 0.237. The molecule has 1 rings (SSSR count). The van der Waals surface area contributed by atoms with Crippen LogP contribution in [0, 0.1) is 6.92 Å². The van der Waals surface area contributed by atoms with Crippen LogP contribution >= 0.6 is 22.9 Å². The number of sulfonamides is 1. The largest absolute Gasteiger partial charge is 0.243 e. The highest BCUT2D eigenvalue weighted by Gasteiger charge is 2.24. The molecule has 0 saturated heterocycles. The Morgan fingerprint density at radius 3 is 2.50 bits per heavy atom. The van der Waals surface area contributed by atoms with Crippen LogP contribution < -0.4 is 0 Å². The van der Waals surface area contributed by atoms with E-state index in [0.29, 0.717) is 9.77 Å². The summed E-state index contributed by atoms with van der Waals surface area (Å²) in [5, 5.41) is 1.81. The normalized spacial score (nSPS) is 12.4. The topological polar surface area (TPSA) is 37.4 Å². The number of hydrogen-bond acceptors (Lipinski definition) is 3. The van der Waals surface area contributed by atoms with Crippen LogP contribution in [-0.2, 0) is 15.9 Å². The molecule has 80 valence electrons. The molecule has 1 aromatic heterocycles. The summed E-state index contributed by atoms with van der Waals surface area (Å²) in [6.07, 6.45) is 0. The van der Waals surface area contributed by atoms with Crippen molar-refractivity contribution in [2.45, 2.75) is 17.7 Å². The van der Waals surface area contributed by atoms with Crippen molar-refractivity contribution < 1.29 is 8.42 Å². The molecule has 0 fully saturated rings. The first kappa shape index (κ1) is 12.0. The van der Waals surface area contributed by atoms with Gasteiger partial charge < -0.3 is 0 Å². The fourth-order valence-corrected chi connectivity index (χ4v) is 4.00.